The zero-order valence-electron chi connectivity index (χ0n) is 14.9. The zero-order valence-corrected chi connectivity index (χ0v) is 14.9. The van der Waals surface area contributed by atoms with Gasteiger partial charge in [0.15, 0.2) is 0 Å². The minimum Gasteiger partial charge on any atom is -0.396 e. The molecule has 10 nitrogen and oxygen atoms in total. The second-order valence-electron chi connectivity index (χ2n) is 4.84. The van der Waals surface area contributed by atoms with Gasteiger partial charge in [-0.1, -0.05) is 5.11 Å². The van der Waals surface area contributed by atoms with Crippen molar-refractivity contribution in [2.45, 2.75) is 6.42 Å². The summed E-state index contributed by atoms with van der Waals surface area (Å²) in [5.41, 5.74) is 8.07. The highest BCUT2D eigenvalue weighted by atomic mass is 16.6. The van der Waals surface area contributed by atoms with Gasteiger partial charge in [0, 0.05) is 24.6 Å². The van der Waals surface area contributed by atoms with Crippen LogP contribution in [0.5, 0.6) is 0 Å². The van der Waals surface area contributed by atoms with Crippen LogP contribution in [0.3, 0.4) is 0 Å². The van der Waals surface area contributed by atoms with Gasteiger partial charge in [0.05, 0.1) is 66.1 Å². The molecule has 0 aromatic carbocycles. The Kier molecular flexibility index (Phi) is 22.1. The van der Waals surface area contributed by atoms with Crippen molar-refractivity contribution in [3.05, 3.63) is 10.4 Å². The monoisotopic (exact) mass is 364 g/mol. The van der Waals surface area contributed by atoms with Gasteiger partial charge < -0.3 is 34.1 Å². The van der Waals surface area contributed by atoms with Crippen LogP contribution in [0.15, 0.2) is 5.11 Å². The number of hydrogen-bond acceptors (Lipinski definition) is 8. The maximum absolute atomic E-state index is 8.60. The first-order valence-electron chi connectivity index (χ1n) is 8.63. The lowest BCUT2D eigenvalue weighted by Gasteiger charge is -2.08. The molecule has 0 unspecified atom stereocenters. The Morgan fingerprint density at radius 1 is 0.720 bits per heavy atom. The van der Waals surface area contributed by atoms with Crippen LogP contribution >= 0.6 is 0 Å². The first-order chi connectivity index (χ1) is 12.4. The van der Waals surface area contributed by atoms with Crippen LogP contribution in [0.4, 0.5) is 0 Å². The Morgan fingerprint density at radius 2 is 1.20 bits per heavy atom. The third-order valence-corrected chi connectivity index (χ3v) is 2.82. The number of aliphatic hydroxyl groups excluding tert-OH is 1. The normalized spacial score (nSPS) is 10.8. The van der Waals surface area contributed by atoms with Gasteiger partial charge in [0.1, 0.15) is 0 Å². The lowest BCUT2D eigenvalue weighted by Crippen LogP contribution is -2.22. The predicted molar refractivity (Wildman–Crippen MR) is 92.7 cm³/mol. The summed E-state index contributed by atoms with van der Waals surface area (Å²) in [6.07, 6.45) is 0.765. The maximum atomic E-state index is 8.60. The van der Waals surface area contributed by atoms with Crippen LogP contribution < -0.4 is 5.32 Å². The van der Waals surface area contributed by atoms with E-state index in [0.29, 0.717) is 72.6 Å². The van der Waals surface area contributed by atoms with Crippen LogP contribution in [-0.2, 0) is 23.7 Å². The number of nitrogens with one attached hydrogen (secondary N) is 1. The van der Waals surface area contributed by atoms with E-state index in [1.54, 1.807) is 0 Å². The molecule has 148 valence electrons. The van der Waals surface area contributed by atoms with E-state index in [1.165, 1.54) is 0 Å². The van der Waals surface area contributed by atoms with E-state index in [9.17, 15) is 0 Å². The largest absolute Gasteiger partial charge is 0.396 e. The molecule has 0 atom stereocenters. The topological polar surface area (TPSA) is 127 Å². The SMILES string of the molecule is [N-]=[N+]=NCCOCCOCCOCCOCCOCCNCCCO. The van der Waals surface area contributed by atoms with E-state index >= 15 is 0 Å². The van der Waals surface area contributed by atoms with Gasteiger partial charge in [-0.15, -0.1) is 0 Å². The third kappa shape index (κ3) is 23.0. The van der Waals surface area contributed by atoms with Gasteiger partial charge in [-0.05, 0) is 18.5 Å². The van der Waals surface area contributed by atoms with Crippen molar-refractivity contribution in [1.29, 1.82) is 0 Å². The number of ether oxygens (including phenoxy) is 5. The lowest BCUT2D eigenvalue weighted by atomic mass is 10.4. The highest BCUT2D eigenvalue weighted by Gasteiger charge is 1.93. The Hall–Kier alpha value is -0.970. The smallest absolute Gasteiger partial charge is 0.0701 e. The molecule has 0 bridgehead atoms. The van der Waals surface area contributed by atoms with Gasteiger partial charge in [-0.2, -0.15) is 0 Å². The Morgan fingerprint density at radius 3 is 1.68 bits per heavy atom. The molecule has 0 radical (unpaired) electrons. The van der Waals surface area contributed by atoms with Crippen molar-refractivity contribution in [3.63, 3.8) is 0 Å². The summed E-state index contributed by atoms with van der Waals surface area (Å²) < 4.78 is 26.6. The number of nitrogens with zero attached hydrogens (tertiary/aromatic N) is 3. The summed E-state index contributed by atoms with van der Waals surface area (Å²) in [6, 6.07) is 0. The average Bonchev–Trinajstić information content (AvgIpc) is 2.63. The second-order valence-corrected chi connectivity index (χ2v) is 4.84. The Bertz CT molecular complexity index is 306. The fraction of sp³-hybridized carbons (Fsp3) is 1.00. The minimum absolute atomic E-state index is 0.213. The first-order valence-corrected chi connectivity index (χ1v) is 8.63. The summed E-state index contributed by atoms with van der Waals surface area (Å²) in [5, 5.41) is 15.1. The van der Waals surface area contributed by atoms with Crippen molar-refractivity contribution in [2.24, 2.45) is 5.11 Å². The summed E-state index contributed by atoms with van der Waals surface area (Å²) >= 11 is 0. The Balaban J connectivity index is 2.97. The Labute approximate surface area is 149 Å². The molecule has 0 heterocycles. The van der Waals surface area contributed by atoms with Crippen molar-refractivity contribution >= 4 is 0 Å². The van der Waals surface area contributed by atoms with Gasteiger partial charge in [-0.3, -0.25) is 0 Å². The number of aliphatic hydroxyl groups is 1. The molecule has 25 heavy (non-hydrogen) atoms. The number of hydrogen-bond donors (Lipinski definition) is 2. The van der Waals surface area contributed by atoms with E-state index in [0.717, 1.165) is 19.5 Å². The molecule has 0 aromatic heterocycles. The van der Waals surface area contributed by atoms with Gasteiger partial charge in [-0.25, -0.2) is 0 Å². The fourth-order valence-electron chi connectivity index (χ4n) is 1.61. The molecule has 0 saturated heterocycles. The molecule has 0 saturated carbocycles. The number of azide groups is 1. The standard InChI is InChI=1S/C15H32N4O6/c16-19-18-4-7-22-9-11-24-13-15-25-14-12-23-10-8-21-6-3-17-2-1-5-20/h17,20H,1-15H2. The van der Waals surface area contributed by atoms with E-state index < -0.39 is 0 Å². The van der Waals surface area contributed by atoms with Crippen molar-refractivity contribution in [3.8, 4) is 0 Å². The molecule has 0 aliphatic rings. The summed E-state index contributed by atoms with van der Waals surface area (Å²) in [5.74, 6) is 0. The van der Waals surface area contributed by atoms with Crippen LogP contribution in [0.25, 0.3) is 10.4 Å². The molecule has 0 spiro atoms. The third-order valence-electron chi connectivity index (χ3n) is 2.82. The average molecular weight is 364 g/mol. The van der Waals surface area contributed by atoms with Crippen LogP contribution in [0.1, 0.15) is 6.42 Å². The van der Waals surface area contributed by atoms with E-state index in [4.69, 9.17) is 34.3 Å². The quantitative estimate of drug-likeness (QED) is 0.130. The van der Waals surface area contributed by atoms with E-state index in [-0.39, 0.29) is 6.61 Å². The lowest BCUT2D eigenvalue weighted by molar-refractivity contribution is -0.0103. The summed E-state index contributed by atoms with van der Waals surface area (Å²) in [7, 11) is 0. The van der Waals surface area contributed by atoms with Crippen LogP contribution in [-0.4, -0.2) is 97.4 Å². The van der Waals surface area contributed by atoms with E-state index in [2.05, 4.69) is 15.3 Å². The molecule has 0 aliphatic heterocycles. The van der Waals surface area contributed by atoms with Gasteiger partial charge >= 0.3 is 0 Å². The van der Waals surface area contributed by atoms with Gasteiger partial charge in [0.25, 0.3) is 0 Å². The predicted octanol–water partition coefficient (Wildman–Crippen LogP) is 0.352. The zero-order chi connectivity index (χ0) is 18.3. The molecule has 0 fully saturated rings. The van der Waals surface area contributed by atoms with Crippen molar-refractivity contribution < 1.29 is 28.8 Å². The molecule has 2 N–H and O–H groups in total. The maximum Gasteiger partial charge on any atom is 0.0701 e. The fourth-order valence-corrected chi connectivity index (χ4v) is 1.61. The molecule has 0 aliphatic carbocycles. The molecule has 0 amide bonds. The molecule has 0 aromatic rings. The van der Waals surface area contributed by atoms with Crippen LogP contribution in [0.2, 0.25) is 0 Å². The molecular formula is C15H32N4O6. The van der Waals surface area contributed by atoms with Crippen molar-refractivity contribution in [2.75, 3.05) is 92.3 Å². The summed E-state index contributed by atoms with van der Waals surface area (Å²) in [4.78, 5) is 2.63. The molecule has 10 heteroatoms. The van der Waals surface area contributed by atoms with Crippen LogP contribution in [0, 0.1) is 0 Å². The second kappa shape index (κ2) is 23.0. The van der Waals surface area contributed by atoms with E-state index in [1.807, 2.05) is 0 Å². The minimum atomic E-state index is 0.213. The summed E-state index contributed by atoms with van der Waals surface area (Å²) in [6.45, 7) is 7.32. The van der Waals surface area contributed by atoms with Gasteiger partial charge in [0.2, 0.25) is 0 Å². The molecular weight excluding hydrogens is 332 g/mol. The highest BCUT2D eigenvalue weighted by Crippen LogP contribution is 1.84. The highest BCUT2D eigenvalue weighted by molar-refractivity contribution is 4.46. The molecule has 0 rings (SSSR count). The van der Waals surface area contributed by atoms with Crippen molar-refractivity contribution in [1.82, 2.24) is 5.32 Å². The first kappa shape index (κ1) is 24.0. The number of rotatable bonds is 21.